The van der Waals surface area contributed by atoms with Crippen LogP contribution in [0.5, 0.6) is 0 Å². The fraction of sp³-hybridized carbons (Fsp3) is 0.368. The maximum absolute atomic E-state index is 12.7. The summed E-state index contributed by atoms with van der Waals surface area (Å²) in [6.45, 7) is 6.20. The lowest BCUT2D eigenvalue weighted by Crippen LogP contribution is -2.52. The summed E-state index contributed by atoms with van der Waals surface area (Å²) in [4.78, 5) is 42.5. The van der Waals surface area contributed by atoms with Gasteiger partial charge < -0.3 is 9.80 Å². The summed E-state index contributed by atoms with van der Waals surface area (Å²) < 4.78 is 0. The van der Waals surface area contributed by atoms with Gasteiger partial charge in [0.1, 0.15) is 6.54 Å². The van der Waals surface area contributed by atoms with E-state index in [1.54, 1.807) is 29.2 Å². The molecule has 2 aromatic rings. The number of aromatic nitrogens is 2. The zero-order valence-corrected chi connectivity index (χ0v) is 15.4. The molecule has 3 amide bonds. The number of hydrogen-bond donors (Lipinski definition) is 1. The number of aromatic amines is 1. The first kappa shape index (κ1) is 17.3. The highest BCUT2D eigenvalue weighted by Crippen LogP contribution is 2.24. The molecule has 0 aliphatic carbocycles. The lowest BCUT2D eigenvalue weighted by molar-refractivity contribution is -0.131. The maximum atomic E-state index is 12.7. The topological polar surface area (TPSA) is 89.6 Å². The summed E-state index contributed by atoms with van der Waals surface area (Å²) in [5, 5.41) is 7.20. The van der Waals surface area contributed by atoms with Gasteiger partial charge in [0.25, 0.3) is 11.8 Å². The molecule has 2 aliphatic heterocycles. The van der Waals surface area contributed by atoms with Gasteiger partial charge in [0.2, 0.25) is 5.91 Å². The predicted octanol–water partition coefficient (Wildman–Crippen LogP) is 0.971. The summed E-state index contributed by atoms with van der Waals surface area (Å²) in [7, 11) is 0. The Bertz CT molecular complexity index is 873. The molecule has 1 N–H and O–H groups in total. The Morgan fingerprint density at radius 3 is 2.15 bits per heavy atom. The smallest absolute Gasteiger partial charge is 0.262 e. The van der Waals surface area contributed by atoms with Crippen molar-refractivity contribution >= 4 is 23.4 Å². The van der Waals surface area contributed by atoms with Crippen molar-refractivity contribution in [2.45, 2.75) is 13.8 Å². The van der Waals surface area contributed by atoms with Crippen molar-refractivity contribution in [3.05, 3.63) is 46.8 Å². The average molecular weight is 367 g/mol. The number of amides is 3. The van der Waals surface area contributed by atoms with Crippen molar-refractivity contribution < 1.29 is 14.4 Å². The van der Waals surface area contributed by atoms with Gasteiger partial charge in [-0.2, -0.15) is 5.10 Å². The Morgan fingerprint density at radius 2 is 1.63 bits per heavy atom. The molecule has 27 heavy (non-hydrogen) atoms. The Hall–Kier alpha value is -3.16. The SMILES string of the molecule is Cc1n[nH]c(C)c1N1CCN(C(=O)CN2C(=O)c3ccccc3C2=O)CC1. The van der Waals surface area contributed by atoms with Crippen LogP contribution in [0, 0.1) is 13.8 Å². The minimum absolute atomic E-state index is 0.204. The lowest BCUT2D eigenvalue weighted by Gasteiger charge is -2.36. The average Bonchev–Trinajstić information content (AvgIpc) is 3.14. The van der Waals surface area contributed by atoms with E-state index in [0.29, 0.717) is 37.3 Å². The molecule has 0 bridgehead atoms. The fourth-order valence-electron chi connectivity index (χ4n) is 3.81. The van der Waals surface area contributed by atoms with E-state index >= 15 is 0 Å². The monoisotopic (exact) mass is 367 g/mol. The van der Waals surface area contributed by atoms with E-state index < -0.39 is 11.8 Å². The van der Waals surface area contributed by atoms with E-state index in [1.165, 1.54) is 0 Å². The van der Waals surface area contributed by atoms with Gasteiger partial charge in [0, 0.05) is 26.2 Å². The van der Waals surface area contributed by atoms with Gasteiger partial charge in [-0.1, -0.05) is 12.1 Å². The highest BCUT2D eigenvalue weighted by molar-refractivity contribution is 6.22. The van der Waals surface area contributed by atoms with Crippen LogP contribution in [0.2, 0.25) is 0 Å². The molecule has 1 aromatic heterocycles. The summed E-state index contributed by atoms with van der Waals surface area (Å²) >= 11 is 0. The van der Waals surface area contributed by atoms with Gasteiger partial charge in [-0.3, -0.25) is 24.4 Å². The third-order valence-corrected chi connectivity index (χ3v) is 5.21. The molecular formula is C19H21N5O3. The number of nitrogens with zero attached hydrogens (tertiary/aromatic N) is 4. The molecule has 8 heteroatoms. The number of aryl methyl sites for hydroxylation is 2. The first-order chi connectivity index (χ1) is 13.0. The number of benzene rings is 1. The highest BCUT2D eigenvalue weighted by Gasteiger charge is 2.37. The number of nitrogens with one attached hydrogen (secondary N) is 1. The molecule has 1 aromatic carbocycles. The summed E-state index contributed by atoms with van der Waals surface area (Å²) in [6.07, 6.45) is 0. The van der Waals surface area contributed by atoms with E-state index in [0.717, 1.165) is 22.0 Å². The summed E-state index contributed by atoms with van der Waals surface area (Å²) in [6, 6.07) is 6.67. The molecular weight excluding hydrogens is 346 g/mol. The number of rotatable bonds is 3. The Labute approximate surface area is 156 Å². The molecule has 1 fully saturated rings. The minimum Gasteiger partial charge on any atom is -0.365 e. The number of carbonyl (C=O) groups excluding carboxylic acids is 3. The second-order valence-corrected chi connectivity index (χ2v) is 6.89. The van der Waals surface area contributed by atoms with Gasteiger partial charge in [-0.25, -0.2) is 0 Å². The second kappa shape index (κ2) is 6.53. The molecule has 0 unspecified atom stereocenters. The maximum Gasteiger partial charge on any atom is 0.262 e. The molecule has 4 rings (SSSR count). The van der Waals surface area contributed by atoms with Gasteiger partial charge in [-0.05, 0) is 26.0 Å². The van der Waals surface area contributed by atoms with Crippen LogP contribution in [0.3, 0.4) is 0 Å². The van der Waals surface area contributed by atoms with Crippen LogP contribution in [0.25, 0.3) is 0 Å². The van der Waals surface area contributed by atoms with Crippen LogP contribution in [0.1, 0.15) is 32.1 Å². The quantitative estimate of drug-likeness (QED) is 0.817. The predicted molar refractivity (Wildman–Crippen MR) is 98.7 cm³/mol. The number of imide groups is 1. The number of carbonyl (C=O) groups is 3. The van der Waals surface area contributed by atoms with Crippen molar-refractivity contribution in [3.63, 3.8) is 0 Å². The minimum atomic E-state index is -0.396. The van der Waals surface area contributed by atoms with E-state index in [2.05, 4.69) is 15.1 Å². The normalized spacial score (nSPS) is 16.9. The first-order valence-electron chi connectivity index (χ1n) is 8.97. The second-order valence-electron chi connectivity index (χ2n) is 6.89. The molecule has 0 radical (unpaired) electrons. The standard InChI is InChI=1S/C19H21N5O3/c1-12-17(13(2)21-20-12)23-9-7-22(8-10-23)16(25)11-24-18(26)14-5-3-4-6-15(14)19(24)27/h3-6H,7-11H2,1-2H3,(H,20,21). The van der Waals surface area contributed by atoms with Gasteiger partial charge >= 0.3 is 0 Å². The number of anilines is 1. The molecule has 8 nitrogen and oxygen atoms in total. The lowest BCUT2D eigenvalue weighted by atomic mass is 10.1. The van der Waals surface area contributed by atoms with Gasteiger partial charge in [0.15, 0.2) is 0 Å². The van der Waals surface area contributed by atoms with E-state index in [9.17, 15) is 14.4 Å². The molecule has 3 heterocycles. The van der Waals surface area contributed by atoms with Crippen molar-refractivity contribution in [3.8, 4) is 0 Å². The summed E-state index contributed by atoms with van der Waals surface area (Å²) in [5.74, 6) is -0.996. The van der Waals surface area contributed by atoms with Crippen LogP contribution in [-0.2, 0) is 4.79 Å². The van der Waals surface area contributed by atoms with Crippen LogP contribution >= 0.6 is 0 Å². The van der Waals surface area contributed by atoms with Crippen LogP contribution in [-0.4, -0.2) is 70.4 Å². The van der Waals surface area contributed by atoms with E-state index in [-0.39, 0.29) is 12.5 Å². The molecule has 2 aliphatic rings. The first-order valence-corrected chi connectivity index (χ1v) is 8.97. The van der Waals surface area contributed by atoms with E-state index in [4.69, 9.17) is 0 Å². The Kier molecular flexibility index (Phi) is 4.18. The summed E-state index contributed by atoms with van der Waals surface area (Å²) in [5.41, 5.74) is 3.77. The molecule has 1 saturated heterocycles. The zero-order chi connectivity index (χ0) is 19.1. The molecule has 0 spiro atoms. The number of piperazine rings is 1. The Balaban J connectivity index is 1.40. The zero-order valence-electron chi connectivity index (χ0n) is 15.4. The van der Waals surface area contributed by atoms with Gasteiger partial charge in [0.05, 0.1) is 28.2 Å². The van der Waals surface area contributed by atoms with Crippen LogP contribution < -0.4 is 4.90 Å². The number of fused-ring (bicyclic) bond motifs is 1. The molecule has 0 saturated carbocycles. The highest BCUT2D eigenvalue weighted by atomic mass is 16.2. The van der Waals surface area contributed by atoms with E-state index in [1.807, 2.05) is 13.8 Å². The number of hydrogen-bond acceptors (Lipinski definition) is 5. The Morgan fingerprint density at radius 1 is 1.04 bits per heavy atom. The third kappa shape index (κ3) is 2.87. The largest absolute Gasteiger partial charge is 0.365 e. The van der Waals surface area contributed by atoms with Crippen LogP contribution in [0.4, 0.5) is 5.69 Å². The number of H-pyrrole nitrogens is 1. The fourth-order valence-corrected chi connectivity index (χ4v) is 3.81. The van der Waals surface area contributed by atoms with Crippen molar-refractivity contribution in [2.75, 3.05) is 37.6 Å². The van der Waals surface area contributed by atoms with Crippen LogP contribution in [0.15, 0.2) is 24.3 Å². The van der Waals surface area contributed by atoms with Crippen molar-refractivity contribution in [1.29, 1.82) is 0 Å². The van der Waals surface area contributed by atoms with Crippen molar-refractivity contribution in [2.24, 2.45) is 0 Å². The van der Waals surface area contributed by atoms with Crippen molar-refractivity contribution in [1.82, 2.24) is 20.0 Å². The third-order valence-electron chi connectivity index (χ3n) is 5.21. The molecule has 140 valence electrons. The molecule has 0 atom stereocenters. The van der Waals surface area contributed by atoms with Gasteiger partial charge in [-0.15, -0.1) is 0 Å².